The van der Waals surface area contributed by atoms with Gasteiger partial charge in [-0.25, -0.2) is 0 Å². The summed E-state index contributed by atoms with van der Waals surface area (Å²) in [4.78, 5) is 11.4. The Labute approximate surface area is 84.5 Å². The minimum absolute atomic E-state index is 0.0234. The molecule has 0 bridgehead atoms. The smallest absolute Gasteiger partial charge is 0.309 e. The van der Waals surface area contributed by atoms with Crippen molar-refractivity contribution in [1.29, 1.82) is 0 Å². The van der Waals surface area contributed by atoms with Gasteiger partial charge in [0.2, 0.25) is 0 Å². The molecule has 0 amide bonds. The molecule has 0 unspecified atom stereocenters. The van der Waals surface area contributed by atoms with Crippen molar-refractivity contribution in [3.05, 3.63) is 0 Å². The van der Waals surface area contributed by atoms with Crippen LogP contribution in [0.3, 0.4) is 0 Å². The van der Waals surface area contributed by atoms with Gasteiger partial charge in [-0.15, -0.1) is 0 Å². The highest BCUT2D eigenvalue weighted by Gasteiger charge is 2.36. The van der Waals surface area contributed by atoms with E-state index in [0.717, 1.165) is 12.8 Å². The first kappa shape index (κ1) is 11.9. The Morgan fingerprint density at radius 3 is 2.14 bits per heavy atom. The zero-order chi connectivity index (χ0) is 10.6. The second kappa shape index (κ2) is 5.06. The average Bonchev–Trinajstić information content (AvgIpc) is 2.85. The van der Waals surface area contributed by atoms with E-state index in [1.54, 1.807) is 13.8 Å². The SMILES string of the molecule is CCOP(=O)(CC(=O)C1CC1)OCC. The normalized spacial score (nSPS) is 17.0. The van der Waals surface area contributed by atoms with Crippen LogP contribution in [0.1, 0.15) is 26.7 Å². The lowest BCUT2D eigenvalue weighted by atomic mass is 10.3. The van der Waals surface area contributed by atoms with Crippen LogP contribution in [0.25, 0.3) is 0 Å². The van der Waals surface area contributed by atoms with Crippen molar-refractivity contribution >= 4 is 13.4 Å². The molecule has 0 radical (unpaired) electrons. The van der Waals surface area contributed by atoms with Crippen LogP contribution in [-0.2, 0) is 18.4 Å². The number of carbonyl (C=O) groups excluding carboxylic acids is 1. The van der Waals surface area contributed by atoms with Crippen LogP contribution >= 0.6 is 7.60 Å². The predicted molar refractivity (Wildman–Crippen MR) is 53.5 cm³/mol. The van der Waals surface area contributed by atoms with Crippen molar-refractivity contribution in [2.75, 3.05) is 19.4 Å². The Hall–Kier alpha value is -0.180. The Morgan fingerprint density at radius 1 is 1.29 bits per heavy atom. The number of hydrogen-bond acceptors (Lipinski definition) is 4. The van der Waals surface area contributed by atoms with Crippen molar-refractivity contribution in [1.82, 2.24) is 0 Å². The maximum Gasteiger partial charge on any atom is 0.338 e. The van der Waals surface area contributed by atoms with E-state index in [9.17, 15) is 9.36 Å². The van der Waals surface area contributed by atoms with E-state index in [1.165, 1.54) is 0 Å². The fourth-order valence-electron chi connectivity index (χ4n) is 1.25. The molecule has 82 valence electrons. The van der Waals surface area contributed by atoms with Gasteiger partial charge in [-0.05, 0) is 26.7 Å². The van der Waals surface area contributed by atoms with E-state index in [-0.39, 0.29) is 17.9 Å². The fraction of sp³-hybridized carbons (Fsp3) is 0.889. The van der Waals surface area contributed by atoms with E-state index in [0.29, 0.717) is 13.2 Å². The first-order valence-electron chi connectivity index (χ1n) is 5.02. The van der Waals surface area contributed by atoms with Gasteiger partial charge in [0.05, 0.1) is 13.2 Å². The molecular formula is C9H17O4P. The Balaban J connectivity index is 2.48. The van der Waals surface area contributed by atoms with E-state index < -0.39 is 7.60 Å². The van der Waals surface area contributed by atoms with E-state index >= 15 is 0 Å². The second-order valence-corrected chi connectivity index (χ2v) is 5.40. The largest absolute Gasteiger partial charge is 0.338 e. The van der Waals surface area contributed by atoms with Crippen LogP contribution in [0.15, 0.2) is 0 Å². The third kappa shape index (κ3) is 3.52. The first-order valence-corrected chi connectivity index (χ1v) is 6.75. The molecule has 4 nitrogen and oxygen atoms in total. The molecule has 0 saturated heterocycles. The summed E-state index contributed by atoms with van der Waals surface area (Å²) in [7, 11) is -3.14. The van der Waals surface area contributed by atoms with E-state index in [1.807, 2.05) is 0 Å². The summed E-state index contributed by atoms with van der Waals surface area (Å²) in [5.41, 5.74) is 0. The van der Waals surface area contributed by atoms with Crippen LogP contribution in [0.4, 0.5) is 0 Å². The van der Waals surface area contributed by atoms with Crippen molar-refractivity contribution in [2.24, 2.45) is 5.92 Å². The lowest BCUT2D eigenvalue weighted by Gasteiger charge is -2.15. The summed E-state index contributed by atoms with van der Waals surface area (Å²) in [5.74, 6) is 0.138. The van der Waals surface area contributed by atoms with Gasteiger partial charge in [0, 0.05) is 5.92 Å². The Kier molecular flexibility index (Phi) is 4.30. The molecule has 0 heterocycles. The maximum atomic E-state index is 11.9. The molecule has 5 heteroatoms. The zero-order valence-electron chi connectivity index (χ0n) is 8.69. The first-order chi connectivity index (χ1) is 6.61. The van der Waals surface area contributed by atoms with Crippen molar-refractivity contribution in [3.63, 3.8) is 0 Å². The molecular weight excluding hydrogens is 203 g/mol. The van der Waals surface area contributed by atoms with Gasteiger partial charge in [-0.1, -0.05) is 0 Å². The topological polar surface area (TPSA) is 52.6 Å². The van der Waals surface area contributed by atoms with Gasteiger partial charge in [-0.3, -0.25) is 9.36 Å². The monoisotopic (exact) mass is 220 g/mol. The van der Waals surface area contributed by atoms with Crippen molar-refractivity contribution in [3.8, 4) is 0 Å². The number of rotatable bonds is 7. The molecule has 0 aromatic carbocycles. The van der Waals surface area contributed by atoms with Gasteiger partial charge in [0.15, 0.2) is 0 Å². The molecule has 0 aromatic heterocycles. The van der Waals surface area contributed by atoms with Crippen LogP contribution in [-0.4, -0.2) is 25.2 Å². The highest BCUT2D eigenvalue weighted by atomic mass is 31.2. The third-order valence-corrected chi connectivity index (χ3v) is 4.04. The minimum Gasteiger partial charge on any atom is -0.309 e. The Morgan fingerprint density at radius 2 is 1.79 bits per heavy atom. The zero-order valence-corrected chi connectivity index (χ0v) is 9.59. The van der Waals surface area contributed by atoms with Crippen molar-refractivity contribution in [2.45, 2.75) is 26.7 Å². The van der Waals surface area contributed by atoms with Gasteiger partial charge in [0.1, 0.15) is 11.9 Å². The third-order valence-electron chi connectivity index (χ3n) is 2.03. The maximum absolute atomic E-state index is 11.9. The summed E-state index contributed by atoms with van der Waals surface area (Å²) < 4.78 is 22.0. The minimum atomic E-state index is -3.14. The summed E-state index contributed by atoms with van der Waals surface area (Å²) in [6, 6.07) is 0. The molecule has 14 heavy (non-hydrogen) atoms. The molecule has 1 fully saturated rings. The van der Waals surface area contributed by atoms with Gasteiger partial charge >= 0.3 is 7.60 Å². The number of Topliss-reactive ketones (excluding diaryl/α,β-unsaturated/α-hetero) is 1. The van der Waals surface area contributed by atoms with E-state index in [4.69, 9.17) is 9.05 Å². The summed E-state index contributed by atoms with van der Waals surface area (Å²) in [6.45, 7) is 4.12. The van der Waals surface area contributed by atoms with Crippen LogP contribution < -0.4 is 0 Å². The highest BCUT2D eigenvalue weighted by molar-refractivity contribution is 7.54. The van der Waals surface area contributed by atoms with Gasteiger partial charge < -0.3 is 9.05 Å². The molecule has 0 aliphatic heterocycles. The molecule has 0 aromatic rings. The molecule has 0 atom stereocenters. The molecule has 1 aliphatic rings. The van der Waals surface area contributed by atoms with Crippen LogP contribution in [0.2, 0.25) is 0 Å². The second-order valence-electron chi connectivity index (χ2n) is 3.35. The fourth-order valence-corrected chi connectivity index (χ4v) is 2.93. The van der Waals surface area contributed by atoms with Gasteiger partial charge in [0.25, 0.3) is 0 Å². The quantitative estimate of drug-likeness (QED) is 0.617. The lowest BCUT2D eigenvalue weighted by Crippen LogP contribution is -2.11. The standard InChI is InChI=1S/C9H17O4P/c1-3-12-14(11,13-4-2)7-9(10)8-5-6-8/h8H,3-7H2,1-2H3. The molecule has 1 rings (SSSR count). The Bertz CT molecular complexity index is 237. The highest BCUT2D eigenvalue weighted by Crippen LogP contribution is 2.49. The van der Waals surface area contributed by atoms with Crippen molar-refractivity contribution < 1.29 is 18.4 Å². The van der Waals surface area contributed by atoms with Crippen LogP contribution in [0.5, 0.6) is 0 Å². The number of ketones is 1. The molecule has 0 N–H and O–H groups in total. The summed E-state index contributed by atoms with van der Waals surface area (Å²) >= 11 is 0. The predicted octanol–water partition coefficient (Wildman–Crippen LogP) is 2.23. The van der Waals surface area contributed by atoms with Crippen LogP contribution in [0, 0.1) is 5.92 Å². The van der Waals surface area contributed by atoms with Gasteiger partial charge in [-0.2, -0.15) is 0 Å². The molecule has 0 spiro atoms. The lowest BCUT2D eigenvalue weighted by molar-refractivity contribution is -0.118. The molecule has 1 saturated carbocycles. The molecule has 1 aliphatic carbocycles. The number of carbonyl (C=O) groups is 1. The summed E-state index contributed by atoms with van der Waals surface area (Å²) in [5, 5.41) is 0. The van der Waals surface area contributed by atoms with E-state index in [2.05, 4.69) is 0 Å². The summed E-state index contributed by atoms with van der Waals surface area (Å²) in [6.07, 6.45) is 1.80. The average molecular weight is 220 g/mol. The number of hydrogen-bond donors (Lipinski definition) is 0.